The van der Waals surface area contributed by atoms with E-state index in [1.165, 1.54) is 0 Å². The number of aryl methyl sites for hydroxylation is 4. The first-order valence-electron chi connectivity index (χ1n) is 11.9. The number of nitrogens with zero attached hydrogens (tertiary/aromatic N) is 2. The van der Waals surface area contributed by atoms with Gasteiger partial charge >= 0.3 is 0 Å². The molecule has 0 N–H and O–H groups in total. The Morgan fingerprint density at radius 3 is 1.17 bits per heavy atom. The number of rotatable bonds is 6. The van der Waals surface area contributed by atoms with Crippen molar-refractivity contribution in [3.63, 3.8) is 0 Å². The van der Waals surface area contributed by atoms with E-state index in [1.54, 1.807) is 0 Å². The summed E-state index contributed by atoms with van der Waals surface area (Å²) in [5.41, 5.74) is 6.34. The van der Waals surface area contributed by atoms with E-state index in [-0.39, 0.29) is 0 Å². The quantitative estimate of drug-likeness (QED) is 0.306. The molecular weight excluding hydrogens is 432 g/mol. The predicted molar refractivity (Wildman–Crippen MR) is 142 cm³/mol. The van der Waals surface area contributed by atoms with Gasteiger partial charge in [-0.25, -0.2) is 10.0 Å². The van der Waals surface area contributed by atoms with Gasteiger partial charge in [-0.3, -0.25) is 0 Å². The predicted octanol–water partition coefficient (Wildman–Crippen LogP) is 7.05. The van der Waals surface area contributed by atoms with Gasteiger partial charge in [0.2, 0.25) is 12.5 Å². The fourth-order valence-corrected chi connectivity index (χ4v) is 4.53. The molecule has 0 bridgehead atoms. The molecule has 1 aliphatic rings. The Balaban J connectivity index is 1.61. The van der Waals surface area contributed by atoms with Crippen molar-refractivity contribution >= 4 is 11.4 Å². The highest BCUT2D eigenvalue weighted by molar-refractivity contribution is 5.63. The molecule has 35 heavy (non-hydrogen) atoms. The fraction of sp³-hybridized carbons (Fsp3) is 0.194. The summed E-state index contributed by atoms with van der Waals surface area (Å²) in [7, 11) is 0. The Bertz CT molecular complexity index is 1150. The van der Waals surface area contributed by atoms with Crippen LogP contribution in [0.25, 0.3) is 0 Å². The molecule has 5 rings (SSSR count). The lowest BCUT2D eigenvalue weighted by Crippen LogP contribution is -2.47. The van der Waals surface area contributed by atoms with E-state index in [9.17, 15) is 0 Å². The molecule has 2 atom stereocenters. The molecule has 0 aromatic heterocycles. The Labute approximate surface area is 208 Å². The van der Waals surface area contributed by atoms with Gasteiger partial charge < -0.3 is 9.47 Å². The number of anilines is 2. The average Bonchev–Trinajstić information content (AvgIpc) is 3.23. The van der Waals surface area contributed by atoms with E-state index >= 15 is 0 Å². The zero-order chi connectivity index (χ0) is 24.4. The highest BCUT2D eigenvalue weighted by atomic mass is 16.5. The molecule has 4 aromatic carbocycles. The molecule has 176 valence electrons. The maximum absolute atomic E-state index is 6.68. The normalized spacial score (nSPS) is 17.5. The third kappa shape index (κ3) is 4.57. The number of ether oxygens (including phenoxy) is 2. The molecule has 4 heteroatoms. The van der Waals surface area contributed by atoms with Crippen LogP contribution in [0, 0.1) is 34.1 Å². The first-order chi connectivity index (χ1) is 17.0. The first-order valence-corrected chi connectivity index (χ1v) is 11.9. The van der Waals surface area contributed by atoms with Crippen LogP contribution in [0.1, 0.15) is 22.3 Å². The van der Waals surface area contributed by atoms with E-state index in [0.29, 0.717) is 0 Å². The molecule has 1 fully saturated rings. The maximum Gasteiger partial charge on any atom is 0.203 e. The largest absolute Gasteiger partial charge is 0.467 e. The van der Waals surface area contributed by atoms with E-state index in [0.717, 1.165) is 45.1 Å². The van der Waals surface area contributed by atoms with Crippen LogP contribution in [-0.2, 0) is 0 Å². The van der Waals surface area contributed by atoms with Gasteiger partial charge in [0.15, 0.2) is 0 Å². The van der Waals surface area contributed by atoms with Gasteiger partial charge in [-0.05, 0) is 74.2 Å². The Hall–Kier alpha value is -3.92. The first kappa shape index (κ1) is 22.9. The van der Waals surface area contributed by atoms with Crippen LogP contribution in [0.15, 0.2) is 97.1 Å². The number of benzene rings is 4. The summed E-state index contributed by atoms with van der Waals surface area (Å²) in [5.74, 6) is 1.73. The van der Waals surface area contributed by atoms with Gasteiger partial charge in [0, 0.05) is 0 Å². The highest BCUT2D eigenvalue weighted by Gasteiger charge is 2.44. The highest BCUT2D eigenvalue weighted by Crippen LogP contribution is 2.38. The summed E-state index contributed by atoms with van der Waals surface area (Å²) in [6.45, 7) is 8.29. The smallest absolute Gasteiger partial charge is 0.203 e. The van der Waals surface area contributed by atoms with Crippen molar-refractivity contribution in [2.45, 2.75) is 40.2 Å². The third-order valence-electron chi connectivity index (χ3n) is 6.28. The molecule has 0 spiro atoms. The van der Waals surface area contributed by atoms with Gasteiger partial charge in [-0.2, -0.15) is 0 Å². The van der Waals surface area contributed by atoms with Gasteiger partial charge in [-0.15, -0.1) is 0 Å². The Morgan fingerprint density at radius 2 is 0.829 bits per heavy atom. The van der Waals surface area contributed by atoms with Crippen LogP contribution >= 0.6 is 0 Å². The van der Waals surface area contributed by atoms with Crippen LogP contribution < -0.4 is 19.5 Å². The van der Waals surface area contributed by atoms with Gasteiger partial charge in [-0.1, -0.05) is 72.8 Å². The summed E-state index contributed by atoms with van der Waals surface area (Å²) in [6, 6.07) is 32.9. The second-order valence-corrected chi connectivity index (χ2v) is 8.91. The standard InChI is InChI=1S/C31H30N2O2/c1-22-13-11-14-23(2)30(22)34-28-21-29(35-31-24(3)15-12-16-25(31)4)33(27-19-9-6-10-20-27)32(28)26-17-7-5-8-18-26/h5-20,28-29H,1-4H3. The van der Waals surface area contributed by atoms with Crippen LogP contribution in [0.2, 0.25) is 0 Å². The monoisotopic (exact) mass is 462 g/mol. The van der Waals surface area contributed by atoms with E-state index in [1.807, 2.05) is 36.4 Å². The molecule has 0 amide bonds. The number of para-hydroxylation sites is 4. The molecule has 2 radical (unpaired) electrons. The molecule has 0 saturated carbocycles. The molecule has 1 heterocycles. The van der Waals surface area contributed by atoms with E-state index in [4.69, 9.17) is 9.47 Å². The minimum atomic E-state index is -0.494. The minimum Gasteiger partial charge on any atom is -0.467 e. The van der Waals surface area contributed by atoms with Crippen LogP contribution in [0.3, 0.4) is 0 Å². The van der Waals surface area contributed by atoms with Crippen LogP contribution in [0.4, 0.5) is 11.4 Å². The fourth-order valence-electron chi connectivity index (χ4n) is 4.53. The molecule has 4 nitrogen and oxygen atoms in total. The lowest BCUT2D eigenvalue weighted by Gasteiger charge is -2.37. The SMILES string of the molecule is Cc1cccc(C)c1OC1[C]C(Oc2c(C)cccc2C)N(c2ccccc2)N1c1ccccc1. The van der Waals surface area contributed by atoms with Crippen molar-refractivity contribution in [2.75, 3.05) is 10.0 Å². The zero-order valence-electron chi connectivity index (χ0n) is 20.6. The second kappa shape index (κ2) is 9.75. The summed E-state index contributed by atoms with van der Waals surface area (Å²) in [6.07, 6.45) is 2.61. The number of hydrogen-bond donors (Lipinski definition) is 0. The third-order valence-corrected chi connectivity index (χ3v) is 6.28. The van der Waals surface area contributed by atoms with Crippen molar-refractivity contribution < 1.29 is 9.47 Å². The maximum atomic E-state index is 6.68. The topological polar surface area (TPSA) is 24.9 Å². The van der Waals surface area contributed by atoms with Gasteiger partial charge in [0.1, 0.15) is 17.9 Å². The molecular formula is C31H30N2O2. The lowest BCUT2D eigenvalue weighted by atomic mass is 10.1. The number of hydrogen-bond acceptors (Lipinski definition) is 4. The minimum absolute atomic E-state index is 0.494. The van der Waals surface area contributed by atoms with E-state index in [2.05, 4.69) is 105 Å². The molecule has 2 unspecified atom stereocenters. The molecule has 0 aliphatic carbocycles. The average molecular weight is 463 g/mol. The van der Waals surface area contributed by atoms with Crippen molar-refractivity contribution in [1.29, 1.82) is 0 Å². The van der Waals surface area contributed by atoms with Crippen molar-refractivity contribution in [1.82, 2.24) is 0 Å². The molecule has 1 saturated heterocycles. The summed E-state index contributed by atoms with van der Waals surface area (Å²) < 4.78 is 13.4. The molecule has 1 aliphatic heterocycles. The van der Waals surface area contributed by atoms with Gasteiger partial charge in [0.05, 0.1) is 11.4 Å². The summed E-state index contributed by atoms with van der Waals surface area (Å²) in [4.78, 5) is 0. The lowest BCUT2D eigenvalue weighted by molar-refractivity contribution is 0.218. The van der Waals surface area contributed by atoms with Crippen LogP contribution in [0.5, 0.6) is 11.5 Å². The second-order valence-electron chi connectivity index (χ2n) is 8.91. The van der Waals surface area contributed by atoms with Crippen molar-refractivity contribution in [3.8, 4) is 11.5 Å². The molecule has 4 aromatic rings. The van der Waals surface area contributed by atoms with E-state index < -0.39 is 12.5 Å². The Morgan fingerprint density at radius 1 is 0.486 bits per heavy atom. The number of hydrazine groups is 1. The summed E-state index contributed by atoms with van der Waals surface area (Å²) in [5, 5.41) is 4.25. The Kier molecular flexibility index (Phi) is 6.37. The van der Waals surface area contributed by atoms with Crippen molar-refractivity contribution in [3.05, 3.63) is 126 Å². The zero-order valence-corrected chi connectivity index (χ0v) is 20.6. The van der Waals surface area contributed by atoms with Crippen LogP contribution in [-0.4, -0.2) is 12.5 Å². The van der Waals surface area contributed by atoms with Gasteiger partial charge in [0.25, 0.3) is 0 Å². The van der Waals surface area contributed by atoms with Crippen molar-refractivity contribution in [2.24, 2.45) is 0 Å². The summed E-state index contributed by atoms with van der Waals surface area (Å²) >= 11 is 0.